The van der Waals surface area contributed by atoms with Crippen LogP contribution in [0.1, 0.15) is 27.7 Å². The summed E-state index contributed by atoms with van der Waals surface area (Å²) in [5.41, 5.74) is 5.49. The molecule has 0 saturated heterocycles. The first kappa shape index (κ1) is 16.9. The smallest absolute Gasteiger partial charge is 0.242 e. The molecule has 3 N–H and O–H groups in total. The van der Waals surface area contributed by atoms with Crippen molar-refractivity contribution in [2.75, 3.05) is 12.3 Å². The van der Waals surface area contributed by atoms with E-state index in [4.69, 9.17) is 5.73 Å². The highest BCUT2D eigenvalue weighted by atomic mass is 32.2. The summed E-state index contributed by atoms with van der Waals surface area (Å²) in [6.45, 7) is 8.58. The van der Waals surface area contributed by atoms with Crippen LogP contribution in [0.15, 0.2) is 23.1 Å². The molecule has 0 unspecified atom stereocenters. The van der Waals surface area contributed by atoms with Crippen molar-refractivity contribution in [2.24, 2.45) is 17.8 Å². The van der Waals surface area contributed by atoms with Crippen molar-refractivity contribution >= 4 is 15.7 Å². The van der Waals surface area contributed by atoms with Gasteiger partial charge in [0.2, 0.25) is 10.0 Å². The highest BCUT2D eigenvalue weighted by Crippen LogP contribution is 2.22. The van der Waals surface area contributed by atoms with Gasteiger partial charge in [-0.1, -0.05) is 27.7 Å². The van der Waals surface area contributed by atoms with Crippen LogP contribution in [0.3, 0.4) is 0 Å². The summed E-state index contributed by atoms with van der Waals surface area (Å²) in [4.78, 5) is -0.0786. The van der Waals surface area contributed by atoms with E-state index in [0.717, 1.165) is 12.1 Å². The van der Waals surface area contributed by atoms with Crippen molar-refractivity contribution in [3.63, 3.8) is 0 Å². The molecule has 0 aliphatic rings. The molecule has 0 heterocycles. The standard InChI is InChI=1S/C14H23FN2O2S/c1-9(2)12(10(3)4)8-17-20(18,19)14-6-5-11(15)7-13(14)16/h5-7,9-10,12,17H,8,16H2,1-4H3. The zero-order valence-electron chi connectivity index (χ0n) is 12.4. The normalized spacial score (nSPS) is 12.6. The molecule has 1 aromatic rings. The van der Waals surface area contributed by atoms with Gasteiger partial charge in [0.25, 0.3) is 0 Å². The van der Waals surface area contributed by atoms with Crippen LogP contribution in [0.5, 0.6) is 0 Å². The molecule has 1 aromatic carbocycles. The summed E-state index contributed by atoms with van der Waals surface area (Å²) in [6, 6.07) is 3.29. The maximum absolute atomic E-state index is 13.0. The zero-order chi connectivity index (χ0) is 15.5. The number of anilines is 1. The number of hydrogen-bond donors (Lipinski definition) is 2. The van der Waals surface area contributed by atoms with Crippen LogP contribution in [-0.4, -0.2) is 15.0 Å². The van der Waals surface area contributed by atoms with E-state index >= 15 is 0 Å². The minimum absolute atomic E-state index is 0.0786. The number of nitrogens with two attached hydrogens (primary N) is 1. The fourth-order valence-electron chi connectivity index (χ4n) is 2.29. The van der Waals surface area contributed by atoms with Gasteiger partial charge in [0.05, 0.1) is 5.69 Å². The molecule has 0 bridgehead atoms. The van der Waals surface area contributed by atoms with Crippen molar-refractivity contribution in [1.29, 1.82) is 0 Å². The number of halogens is 1. The predicted octanol–water partition coefficient (Wildman–Crippen LogP) is 2.61. The van der Waals surface area contributed by atoms with Gasteiger partial charge in [-0.2, -0.15) is 0 Å². The predicted molar refractivity (Wildman–Crippen MR) is 79.2 cm³/mol. The van der Waals surface area contributed by atoms with E-state index in [1.807, 2.05) is 0 Å². The Bertz CT molecular complexity index is 548. The summed E-state index contributed by atoms with van der Waals surface area (Å²) in [6.07, 6.45) is 0. The van der Waals surface area contributed by atoms with Gasteiger partial charge in [0.15, 0.2) is 0 Å². The summed E-state index contributed by atoms with van der Waals surface area (Å²) in [5.74, 6) is 0.404. The van der Waals surface area contributed by atoms with Gasteiger partial charge < -0.3 is 5.73 Å². The molecule has 0 spiro atoms. The van der Waals surface area contributed by atoms with Gasteiger partial charge >= 0.3 is 0 Å². The highest BCUT2D eigenvalue weighted by Gasteiger charge is 2.23. The minimum Gasteiger partial charge on any atom is -0.398 e. The second-order valence-electron chi connectivity index (χ2n) is 5.69. The van der Waals surface area contributed by atoms with Crippen LogP contribution in [0.25, 0.3) is 0 Å². The van der Waals surface area contributed by atoms with Crippen LogP contribution in [0, 0.1) is 23.6 Å². The summed E-state index contributed by atoms with van der Waals surface area (Å²) in [7, 11) is -3.71. The van der Waals surface area contributed by atoms with E-state index in [9.17, 15) is 12.8 Å². The third-order valence-electron chi connectivity index (χ3n) is 3.48. The molecule has 6 heteroatoms. The first-order valence-electron chi connectivity index (χ1n) is 6.70. The van der Waals surface area contributed by atoms with Crippen molar-refractivity contribution in [3.05, 3.63) is 24.0 Å². The van der Waals surface area contributed by atoms with Crippen molar-refractivity contribution in [1.82, 2.24) is 4.72 Å². The van der Waals surface area contributed by atoms with Crippen LogP contribution in [0.4, 0.5) is 10.1 Å². The van der Waals surface area contributed by atoms with E-state index in [-0.39, 0.29) is 16.5 Å². The first-order chi connectivity index (χ1) is 9.15. The molecule has 0 aliphatic carbocycles. The monoisotopic (exact) mass is 302 g/mol. The average Bonchev–Trinajstić information content (AvgIpc) is 2.26. The fraction of sp³-hybridized carbons (Fsp3) is 0.571. The molecular formula is C14H23FN2O2S. The number of rotatable bonds is 6. The Morgan fingerprint density at radius 2 is 1.75 bits per heavy atom. The number of hydrogen-bond acceptors (Lipinski definition) is 3. The quantitative estimate of drug-likeness (QED) is 0.793. The summed E-state index contributed by atoms with van der Waals surface area (Å²) >= 11 is 0. The maximum Gasteiger partial charge on any atom is 0.242 e. The minimum atomic E-state index is -3.71. The molecule has 20 heavy (non-hydrogen) atoms. The maximum atomic E-state index is 13.0. The molecule has 0 aromatic heterocycles. The Morgan fingerprint density at radius 1 is 1.20 bits per heavy atom. The molecule has 0 fully saturated rings. The van der Waals surface area contributed by atoms with E-state index in [1.165, 1.54) is 6.07 Å². The van der Waals surface area contributed by atoms with Gasteiger partial charge in [-0.3, -0.25) is 0 Å². The number of nitrogens with one attached hydrogen (secondary N) is 1. The van der Waals surface area contributed by atoms with Crippen LogP contribution < -0.4 is 10.5 Å². The third-order valence-corrected chi connectivity index (χ3v) is 4.98. The molecular weight excluding hydrogens is 279 g/mol. The van der Waals surface area contributed by atoms with Gasteiger partial charge in [-0.05, 0) is 36.0 Å². The first-order valence-corrected chi connectivity index (χ1v) is 8.18. The van der Waals surface area contributed by atoms with E-state index in [0.29, 0.717) is 18.4 Å². The topological polar surface area (TPSA) is 72.2 Å². The molecule has 0 saturated carbocycles. The van der Waals surface area contributed by atoms with Gasteiger partial charge in [0, 0.05) is 6.54 Å². The van der Waals surface area contributed by atoms with E-state index in [2.05, 4.69) is 32.4 Å². The Labute approximate surface area is 120 Å². The average molecular weight is 302 g/mol. The number of sulfonamides is 1. The second kappa shape index (κ2) is 6.54. The molecule has 0 radical (unpaired) electrons. The Morgan fingerprint density at radius 3 is 2.20 bits per heavy atom. The van der Waals surface area contributed by atoms with Gasteiger partial charge in [-0.25, -0.2) is 17.5 Å². The van der Waals surface area contributed by atoms with Crippen LogP contribution in [0.2, 0.25) is 0 Å². The summed E-state index contributed by atoms with van der Waals surface area (Å²) in [5, 5.41) is 0. The third kappa shape index (κ3) is 4.18. The van der Waals surface area contributed by atoms with E-state index < -0.39 is 15.8 Å². The second-order valence-corrected chi connectivity index (χ2v) is 7.42. The Hall–Kier alpha value is -1.14. The molecule has 0 atom stereocenters. The molecule has 4 nitrogen and oxygen atoms in total. The molecule has 0 aliphatic heterocycles. The molecule has 114 valence electrons. The lowest BCUT2D eigenvalue weighted by atomic mass is 9.86. The van der Waals surface area contributed by atoms with Crippen molar-refractivity contribution in [2.45, 2.75) is 32.6 Å². The molecule has 1 rings (SSSR count). The lowest BCUT2D eigenvalue weighted by Gasteiger charge is -2.25. The lowest BCUT2D eigenvalue weighted by Crippen LogP contribution is -2.34. The van der Waals surface area contributed by atoms with Gasteiger partial charge in [0.1, 0.15) is 10.7 Å². The van der Waals surface area contributed by atoms with E-state index in [1.54, 1.807) is 0 Å². The van der Waals surface area contributed by atoms with Crippen LogP contribution >= 0.6 is 0 Å². The number of nitrogen functional groups attached to an aromatic ring is 1. The van der Waals surface area contributed by atoms with Crippen molar-refractivity contribution in [3.8, 4) is 0 Å². The fourth-order valence-corrected chi connectivity index (χ4v) is 3.47. The molecule has 0 amide bonds. The largest absolute Gasteiger partial charge is 0.398 e. The summed E-state index contributed by atoms with van der Waals surface area (Å²) < 4.78 is 39.9. The van der Waals surface area contributed by atoms with Crippen LogP contribution in [-0.2, 0) is 10.0 Å². The lowest BCUT2D eigenvalue weighted by molar-refractivity contribution is 0.289. The SMILES string of the molecule is CC(C)C(CNS(=O)(=O)c1ccc(F)cc1N)C(C)C. The van der Waals surface area contributed by atoms with Gasteiger partial charge in [-0.15, -0.1) is 0 Å². The van der Waals surface area contributed by atoms with Crippen molar-refractivity contribution < 1.29 is 12.8 Å². The Balaban J connectivity index is 2.90. The zero-order valence-corrected chi connectivity index (χ0v) is 13.2. The highest BCUT2D eigenvalue weighted by molar-refractivity contribution is 7.89. The Kier molecular flexibility index (Phi) is 5.53. The number of benzene rings is 1.